The van der Waals surface area contributed by atoms with Gasteiger partial charge in [0, 0.05) is 37.7 Å². The number of hydrogen-bond donors (Lipinski definition) is 1. The minimum atomic E-state index is 0.596. The van der Waals surface area contributed by atoms with Crippen molar-refractivity contribution in [2.45, 2.75) is 45.7 Å². The van der Waals surface area contributed by atoms with Gasteiger partial charge in [-0.05, 0) is 18.9 Å². The number of benzene rings is 1. The normalized spacial score (nSPS) is 19.6. The van der Waals surface area contributed by atoms with E-state index < -0.39 is 0 Å². The van der Waals surface area contributed by atoms with Gasteiger partial charge in [0.1, 0.15) is 5.82 Å². The molecule has 3 nitrogen and oxygen atoms in total. The van der Waals surface area contributed by atoms with Gasteiger partial charge < -0.3 is 4.98 Å². The lowest BCUT2D eigenvalue weighted by Gasteiger charge is -2.29. The van der Waals surface area contributed by atoms with Crippen molar-refractivity contribution in [3.8, 4) is 0 Å². The highest BCUT2D eigenvalue weighted by atomic mass is 15.2. The molecule has 106 valence electrons. The van der Waals surface area contributed by atoms with Crippen LogP contribution in [0.2, 0.25) is 0 Å². The van der Waals surface area contributed by atoms with Crippen LogP contribution < -0.4 is 0 Å². The maximum atomic E-state index is 4.67. The van der Waals surface area contributed by atoms with Gasteiger partial charge in [0.05, 0.1) is 5.69 Å². The van der Waals surface area contributed by atoms with Crippen molar-refractivity contribution < 1.29 is 0 Å². The molecule has 0 aliphatic carbocycles. The number of H-pyrrole nitrogens is 1. The SMILES string of the molecule is CC[C@@H]1Cc2nc(C)[nH]c2CCN1Cc1ccccc1. The average molecular weight is 269 g/mol. The van der Waals surface area contributed by atoms with Crippen molar-refractivity contribution in [3.05, 3.63) is 53.1 Å². The fourth-order valence-corrected chi connectivity index (χ4v) is 3.18. The van der Waals surface area contributed by atoms with E-state index in [0.29, 0.717) is 6.04 Å². The average Bonchev–Trinajstić information content (AvgIpc) is 2.74. The van der Waals surface area contributed by atoms with E-state index in [-0.39, 0.29) is 0 Å². The van der Waals surface area contributed by atoms with Crippen LogP contribution in [0.25, 0.3) is 0 Å². The van der Waals surface area contributed by atoms with Gasteiger partial charge in [0.15, 0.2) is 0 Å². The molecule has 0 spiro atoms. The maximum Gasteiger partial charge on any atom is 0.103 e. The van der Waals surface area contributed by atoms with Gasteiger partial charge in [-0.3, -0.25) is 4.90 Å². The van der Waals surface area contributed by atoms with E-state index in [1.807, 2.05) is 0 Å². The summed E-state index contributed by atoms with van der Waals surface area (Å²) in [6, 6.07) is 11.4. The minimum absolute atomic E-state index is 0.596. The number of rotatable bonds is 3. The Morgan fingerprint density at radius 1 is 1.30 bits per heavy atom. The number of imidazole rings is 1. The van der Waals surface area contributed by atoms with Gasteiger partial charge in [-0.25, -0.2) is 4.98 Å². The smallest absolute Gasteiger partial charge is 0.103 e. The van der Waals surface area contributed by atoms with E-state index in [2.05, 4.69) is 59.0 Å². The predicted octanol–water partition coefficient (Wildman–Crippen LogP) is 3.10. The van der Waals surface area contributed by atoms with Crippen molar-refractivity contribution in [1.29, 1.82) is 0 Å². The maximum absolute atomic E-state index is 4.67. The summed E-state index contributed by atoms with van der Waals surface area (Å²) in [7, 11) is 0. The monoisotopic (exact) mass is 269 g/mol. The lowest BCUT2D eigenvalue weighted by molar-refractivity contribution is 0.188. The van der Waals surface area contributed by atoms with Crippen molar-refractivity contribution >= 4 is 0 Å². The lowest BCUT2D eigenvalue weighted by atomic mass is 10.1. The van der Waals surface area contributed by atoms with Crippen LogP contribution in [0.15, 0.2) is 30.3 Å². The van der Waals surface area contributed by atoms with Crippen LogP contribution in [0.5, 0.6) is 0 Å². The van der Waals surface area contributed by atoms with Crippen molar-refractivity contribution in [3.63, 3.8) is 0 Å². The molecule has 0 radical (unpaired) electrons. The molecule has 0 bridgehead atoms. The number of aromatic amines is 1. The Balaban J connectivity index is 1.77. The van der Waals surface area contributed by atoms with Crippen LogP contribution in [-0.4, -0.2) is 27.5 Å². The topological polar surface area (TPSA) is 31.9 Å². The first-order valence-corrected chi connectivity index (χ1v) is 7.58. The molecule has 0 saturated heterocycles. The molecule has 0 saturated carbocycles. The fourth-order valence-electron chi connectivity index (χ4n) is 3.18. The number of nitrogens with one attached hydrogen (secondary N) is 1. The molecule has 1 aromatic carbocycles. The lowest BCUT2D eigenvalue weighted by Crippen LogP contribution is -2.36. The molecular weight excluding hydrogens is 246 g/mol. The molecule has 1 aromatic heterocycles. The zero-order valence-electron chi connectivity index (χ0n) is 12.4. The van der Waals surface area contributed by atoms with Crippen LogP contribution >= 0.6 is 0 Å². The second kappa shape index (κ2) is 5.80. The van der Waals surface area contributed by atoms with Gasteiger partial charge in [-0.1, -0.05) is 37.3 Å². The molecule has 2 heterocycles. The van der Waals surface area contributed by atoms with Gasteiger partial charge in [0.25, 0.3) is 0 Å². The summed E-state index contributed by atoms with van der Waals surface area (Å²) in [6.45, 7) is 6.50. The molecule has 1 atom stereocenters. The Labute approximate surface area is 121 Å². The third-order valence-corrected chi connectivity index (χ3v) is 4.28. The molecule has 1 aliphatic rings. The standard InChI is InChI=1S/C17H23N3/c1-3-15-11-17-16(18-13(2)19-17)9-10-20(15)12-14-7-5-4-6-8-14/h4-8,15H,3,9-12H2,1-2H3,(H,18,19)/t15-/m1/s1. The first-order chi connectivity index (χ1) is 9.76. The minimum Gasteiger partial charge on any atom is -0.346 e. The molecular formula is C17H23N3. The zero-order valence-corrected chi connectivity index (χ0v) is 12.4. The number of nitrogens with zero attached hydrogens (tertiary/aromatic N) is 2. The van der Waals surface area contributed by atoms with Gasteiger partial charge >= 0.3 is 0 Å². The molecule has 0 unspecified atom stereocenters. The summed E-state index contributed by atoms with van der Waals surface area (Å²) < 4.78 is 0. The Bertz CT molecular complexity index is 559. The van der Waals surface area contributed by atoms with E-state index >= 15 is 0 Å². The summed E-state index contributed by atoms with van der Waals surface area (Å²) in [5.74, 6) is 1.06. The van der Waals surface area contributed by atoms with Crippen molar-refractivity contribution in [1.82, 2.24) is 14.9 Å². The Kier molecular flexibility index (Phi) is 3.88. The van der Waals surface area contributed by atoms with Crippen LogP contribution in [0.1, 0.15) is 36.1 Å². The highest BCUT2D eigenvalue weighted by molar-refractivity contribution is 5.19. The van der Waals surface area contributed by atoms with Gasteiger partial charge in [-0.15, -0.1) is 0 Å². The third-order valence-electron chi connectivity index (χ3n) is 4.28. The Hall–Kier alpha value is -1.61. The summed E-state index contributed by atoms with van der Waals surface area (Å²) in [6.07, 6.45) is 3.33. The highest BCUT2D eigenvalue weighted by Crippen LogP contribution is 2.21. The van der Waals surface area contributed by atoms with E-state index in [9.17, 15) is 0 Å². The van der Waals surface area contributed by atoms with Crippen molar-refractivity contribution in [2.24, 2.45) is 0 Å². The first kappa shape index (κ1) is 13.4. The van der Waals surface area contributed by atoms with E-state index in [1.165, 1.54) is 23.4 Å². The molecule has 3 rings (SSSR count). The third kappa shape index (κ3) is 2.78. The zero-order chi connectivity index (χ0) is 13.9. The number of aromatic nitrogens is 2. The van der Waals surface area contributed by atoms with Crippen LogP contribution in [-0.2, 0) is 19.4 Å². The number of hydrogen-bond acceptors (Lipinski definition) is 2. The summed E-state index contributed by atoms with van der Waals surface area (Å²) in [4.78, 5) is 10.7. The van der Waals surface area contributed by atoms with E-state index in [1.54, 1.807) is 0 Å². The number of aryl methyl sites for hydroxylation is 1. The fraction of sp³-hybridized carbons (Fsp3) is 0.471. The van der Waals surface area contributed by atoms with E-state index in [0.717, 1.165) is 31.8 Å². The highest BCUT2D eigenvalue weighted by Gasteiger charge is 2.24. The molecule has 2 aromatic rings. The van der Waals surface area contributed by atoms with Crippen LogP contribution in [0.4, 0.5) is 0 Å². The van der Waals surface area contributed by atoms with Crippen molar-refractivity contribution in [2.75, 3.05) is 6.54 Å². The molecule has 1 aliphatic heterocycles. The first-order valence-electron chi connectivity index (χ1n) is 7.58. The van der Waals surface area contributed by atoms with Crippen LogP contribution in [0, 0.1) is 6.92 Å². The molecule has 0 amide bonds. The predicted molar refractivity (Wildman–Crippen MR) is 81.7 cm³/mol. The largest absolute Gasteiger partial charge is 0.346 e. The molecule has 3 heteroatoms. The molecule has 0 fully saturated rings. The molecule has 20 heavy (non-hydrogen) atoms. The Morgan fingerprint density at radius 3 is 2.85 bits per heavy atom. The second-order valence-electron chi connectivity index (χ2n) is 5.72. The van der Waals surface area contributed by atoms with E-state index in [4.69, 9.17) is 0 Å². The number of fused-ring (bicyclic) bond motifs is 1. The van der Waals surface area contributed by atoms with Gasteiger partial charge in [0.2, 0.25) is 0 Å². The summed E-state index contributed by atoms with van der Waals surface area (Å²) in [5.41, 5.74) is 4.03. The molecule has 1 N–H and O–H groups in total. The summed E-state index contributed by atoms with van der Waals surface area (Å²) >= 11 is 0. The van der Waals surface area contributed by atoms with Gasteiger partial charge in [-0.2, -0.15) is 0 Å². The van der Waals surface area contributed by atoms with Crippen LogP contribution in [0.3, 0.4) is 0 Å². The summed E-state index contributed by atoms with van der Waals surface area (Å²) in [5, 5.41) is 0. The second-order valence-corrected chi connectivity index (χ2v) is 5.72. The quantitative estimate of drug-likeness (QED) is 0.928. The Morgan fingerprint density at radius 2 is 2.10 bits per heavy atom.